The van der Waals surface area contributed by atoms with Gasteiger partial charge in [0.05, 0.1) is 12.0 Å². The quantitative estimate of drug-likeness (QED) is 0.783. The van der Waals surface area contributed by atoms with Crippen LogP contribution < -0.4 is 11.4 Å². The minimum Gasteiger partial charge on any atom is -0.390 e. The van der Waals surface area contributed by atoms with Gasteiger partial charge < -0.3 is 15.6 Å². The van der Waals surface area contributed by atoms with E-state index in [-0.39, 0.29) is 11.7 Å². The Morgan fingerprint density at radius 3 is 3.00 bits per heavy atom. The maximum absolute atomic E-state index is 11.7. The standard InChI is InChI=1S/C11H16ClN3O3/c1-2-11(6-12)7(16)5-9(18-11)15-4-3-8(13)14-10(15)17/h3-4,7,9,16H,2,5-6H2,1H3,(H2,13,14,17)/t7-,9-,11+/m1/s1. The highest BCUT2D eigenvalue weighted by Crippen LogP contribution is 2.39. The van der Waals surface area contributed by atoms with E-state index in [9.17, 15) is 9.90 Å². The number of aliphatic hydroxyl groups is 1. The van der Waals surface area contributed by atoms with Gasteiger partial charge in [0, 0.05) is 12.6 Å². The molecule has 0 saturated carbocycles. The molecule has 0 spiro atoms. The number of hydrogen-bond donors (Lipinski definition) is 2. The summed E-state index contributed by atoms with van der Waals surface area (Å²) in [4.78, 5) is 15.3. The zero-order valence-electron chi connectivity index (χ0n) is 10.0. The summed E-state index contributed by atoms with van der Waals surface area (Å²) in [6.07, 6.45) is 1.15. The number of aromatic nitrogens is 2. The summed E-state index contributed by atoms with van der Waals surface area (Å²) in [7, 11) is 0. The molecule has 7 heteroatoms. The van der Waals surface area contributed by atoms with Gasteiger partial charge in [0.15, 0.2) is 0 Å². The van der Waals surface area contributed by atoms with E-state index in [2.05, 4.69) is 4.98 Å². The number of aliphatic hydroxyl groups excluding tert-OH is 1. The third kappa shape index (κ3) is 2.11. The molecule has 100 valence electrons. The molecule has 3 atom stereocenters. The molecular weight excluding hydrogens is 258 g/mol. The molecule has 0 bridgehead atoms. The highest BCUT2D eigenvalue weighted by atomic mass is 35.5. The molecule has 1 aromatic rings. The predicted octanol–water partition coefficient (Wildman–Crippen LogP) is 0.493. The van der Waals surface area contributed by atoms with Crippen LogP contribution in [0.2, 0.25) is 0 Å². The van der Waals surface area contributed by atoms with Crippen LogP contribution in [0, 0.1) is 0 Å². The van der Waals surface area contributed by atoms with Gasteiger partial charge in [0.25, 0.3) is 0 Å². The fourth-order valence-corrected chi connectivity index (χ4v) is 2.58. The molecule has 0 radical (unpaired) electrons. The van der Waals surface area contributed by atoms with E-state index in [1.165, 1.54) is 16.8 Å². The zero-order valence-corrected chi connectivity index (χ0v) is 10.8. The van der Waals surface area contributed by atoms with Crippen molar-refractivity contribution in [3.63, 3.8) is 0 Å². The summed E-state index contributed by atoms with van der Waals surface area (Å²) in [5.41, 5.74) is 4.13. The highest BCUT2D eigenvalue weighted by Gasteiger charge is 2.47. The van der Waals surface area contributed by atoms with E-state index in [1.807, 2.05) is 6.92 Å². The van der Waals surface area contributed by atoms with E-state index in [1.54, 1.807) is 0 Å². The SMILES string of the molecule is CC[C@@]1(CCl)O[C@@H](n2ccc(N)nc2=O)C[C@H]1O. The Morgan fingerprint density at radius 2 is 2.50 bits per heavy atom. The second-order valence-electron chi connectivity index (χ2n) is 4.42. The summed E-state index contributed by atoms with van der Waals surface area (Å²) in [6.45, 7) is 1.89. The molecule has 1 aliphatic heterocycles. The van der Waals surface area contributed by atoms with Crippen LogP contribution in [-0.2, 0) is 4.74 Å². The van der Waals surface area contributed by atoms with Gasteiger partial charge in [-0.2, -0.15) is 4.98 Å². The third-order valence-electron chi connectivity index (χ3n) is 3.39. The topological polar surface area (TPSA) is 90.4 Å². The average Bonchev–Trinajstić information content (AvgIpc) is 2.67. The van der Waals surface area contributed by atoms with Crippen molar-refractivity contribution in [1.29, 1.82) is 0 Å². The van der Waals surface area contributed by atoms with Crippen LogP contribution in [0.15, 0.2) is 17.1 Å². The molecule has 2 heterocycles. The lowest BCUT2D eigenvalue weighted by atomic mass is 9.96. The number of anilines is 1. The van der Waals surface area contributed by atoms with Gasteiger partial charge in [-0.3, -0.25) is 4.57 Å². The number of nitrogens with two attached hydrogens (primary N) is 1. The Balaban J connectivity index is 2.30. The Bertz CT molecular complexity index is 487. The van der Waals surface area contributed by atoms with Crippen LogP contribution in [0.4, 0.5) is 5.82 Å². The van der Waals surface area contributed by atoms with Crippen molar-refractivity contribution >= 4 is 17.4 Å². The lowest BCUT2D eigenvalue weighted by Crippen LogP contribution is -2.40. The van der Waals surface area contributed by atoms with Crippen LogP contribution in [0.3, 0.4) is 0 Å². The van der Waals surface area contributed by atoms with E-state index < -0.39 is 23.6 Å². The number of nitrogens with zero attached hydrogens (tertiary/aromatic N) is 2. The summed E-state index contributed by atoms with van der Waals surface area (Å²) < 4.78 is 7.09. The van der Waals surface area contributed by atoms with Crippen molar-refractivity contribution in [1.82, 2.24) is 9.55 Å². The van der Waals surface area contributed by atoms with E-state index in [0.29, 0.717) is 12.8 Å². The van der Waals surface area contributed by atoms with Crippen molar-refractivity contribution in [2.45, 2.75) is 37.7 Å². The molecular formula is C11H16ClN3O3. The molecule has 2 rings (SSSR count). The number of alkyl halides is 1. The fourth-order valence-electron chi connectivity index (χ4n) is 2.15. The first-order valence-corrected chi connectivity index (χ1v) is 6.32. The predicted molar refractivity (Wildman–Crippen MR) is 67.4 cm³/mol. The van der Waals surface area contributed by atoms with Gasteiger partial charge in [-0.05, 0) is 12.5 Å². The largest absolute Gasteiger partial charge is 0.390 e. The lowest BCUT2D eigenvalue weighted by molar-refractivity contribution is -0.0909. The van der Waals surface area contributed by atoms with Crippen molar-refractivity contribution in [3.05, 3.63) is 22.7 Å². The van der Waals surface area contributed by atoms with E-state index >= 15 is 0 Å². The maximum atomic E-state index is 11.7. The Morgan fingerprint density at radius 1 is 1.78 bits per heavy atom. The molecule has 0 unspecified atom stereocenters. The van der Waals surface area contributed by atoms with Crippen LogP contribution in [0.1, 0.15) is 26.0 Å². The van der Waals surface area contributed by atoms with Crippen molar-refractivity contribution in [2.24, 2.45) is 0 Å². The number of nitrogen functional groups attached to an aromatic ring is 1. The second-order valence-corrected chi connectivity index (χ2v) is 4.69. The average molecular weight is 274 g/mol. The molecule has 1 saturated heterocycles. The monoisotopic (exact) mass is 273 g/mol. The summed E-state index contributed by atoms with van der Waals surface area (Å²) in [5.74, 6) is 0.340. The van der Waals surface area contributed by atoms with Crippen molar-refractivity contribution in [3.8, 4) is 0 Å². The molecule has 0 aliphatic carbocycles. The van der Waals surface area contributed by atoms with Gasteiger partial charge in [0.2, 0.25) is 0 Å². The molecule has 3 N–H and O–H groups in total. The van der Waals surface area contributed by atoms with Crippen molar-refractivity contribution < 1.29 is 9.84 Å². The fraction of sp³-hybridized carbons (Fsp3) is 0.636. The lowest BCUT2D eigenvalue weighted by Gasteiger charge is -2.28. The number of hydrogen-bond acceptors (Lipinski definition) is 5. The van der Waals surface area contributed by atoms with Gasteiger partial charge in [-0.25, -0.2) is 4.79 Å². The molecule has 0 aromatic carbocycles. The van der Waals surface area contributed by atoms with Gasteiger partial charge >= 0.3 is 5.69 Å². The molecule has 0 amide bonds. The van der Waals surface area contributed by atoms with E-state index in [4.69, 9.17) is 22.1 Å². The molecule has 1 aliphatic rings. The summed E-state index contributed by atoms with van der Waals surface area (Å²) >= 11 is 5.87. The van der Waals surface area contributed by atoms with Gasteiger partial charge in [-0.1, -0.05) is 6.92 Å². The second kappa shape index (κ2) is 4.87. The Labute approximate surface area is 109 Å². The Kier molecular flexibility index (Phi) is 3.61. The molecule has 6 nitrogen and oxygen atoms in total. The molecule has 1 aromatic heterocycles. The van der Waals surface area contributed by atoms with Crippen LogP contribution in [0.5, 0.6) is 0 Å². The van der Waals surface area contributed by atoms with Crippen LogP contribution >= 0.6 is 11.6 Å². The van der Waals surface area contributed by atoms with Crippen LogP contribution in [-0.4, -0.2) is 32.2 Å². The third-order valence-corrected chi connectivity index (χ3v) is 3.84. The molecule has 1 fully saturated rings. The minimum atomic E-state index is -0.799. The van der Waals surface area contributed by atoms with Crippen LogP contribution in [0.25, 0.3) is 0 Å². The first-order valence-electron chi connectivity index (χ1n) is 5.79. The zero-order chi connectivity index (χ0) is 13.3. The first-order chi connectivity index (χ1) is 8.52. The number of ether oxygens (including phenoxy) is 1. The first kappa shape index (κ1) is 13.3. The number of halogens is 1. The van der Waals surface area contributed by atoms with Gasteiger partial charge in [-0.15, -0.1) is 11.6 Å². The smallest absolute Gasteiger partial charge is 0.351 e. The number of rotatable bonds is 3. The Hall–Kier alpha value is -1.11. The van der Waals surface area contributed by atoms with E-state index in [0.717, 1.165) is 0 Å². The maximum Gasteiger partial charge on any atom is 0.351 e. The molecule has 18 heavy (non-hydrogen) atoms. The highest BCUT2D eigenvalue weighted by molar-refractivity contribution is 6.18. The summed E-state index contributed by atoms with van der Waals surface area (Å²) in [5, 5.41) is 10.0. The normalized spacial score (nSPS) is 31.7. The van der Waals surface area contributed by atoms with Crippen molar-refractivity contribution in [2.75, 3.05) is 11.6 Å². The minimum absolute atomic E-state index is 0.161. The summed E-state index contributed by atoms with van der Waals surface area (Å²) in [6, 6.07) is 1.52. The van der Waals surface area contributed by atoms with Gasteiger partial charge in [0.1, 0.15) is 17.6 Å².